The minimum absolute atomic E-state index is 0.0373. The number of carboxylic acids is 1. The third-order valence-electron chi connectivity index (χ3n) is 4.84. The van der Waals surface area contributed by atoms with Gasteiger partial charge in [0.05, 0.1) is 6.54 Å². The van der Waals surface area contributed by atoms with Crippen LogP contribution in [0.4, 0.5) is 0 Å². The van der Waals surface area contributed by atoms with Crippen LogP contribution < -0.4 is 5.32 Å². The highest BCUT2D eigenvalue weighted by atomic mass is 35.5. The van der Waals surface area contributed by atoms with Crippen molar-refractivity contribution in [3.05, 3.63) is 34.9 Å². The van der Waals surface area contributed by atoms with Crippen LogP contribution in [0.1, 0.15) is 31.2 Å². The molecule has 23 heavy (non-hydrogen) atoms. The van der Waals surface area contributed by atoms with Gasteiger partial charge in [-0.3, -0.25) is 14.9 Å². The minimum atomic E-state index is -0.876. The van der Waals surface area contributed by atoms with Crippen molar-refractivity contribution in [1.82, 2.24) is 10.2 Å². The molecular weight excluding hydrogens is 316 g/mol. The number of rotatable bonds is 5. The number of aliphatic carboxylic acids is 1. The highest BCUT2D eigenvalue weighted by Gasteiger charge is 2.48. The Bertz CT molecular complexity index is 636. The Morgan fingerprint density at radius 1 is 1.48 bits per heavy atom. The van der Waals surface area contributed by atoms with Crippen molar-refractivity contribution in [3.63, 3.8) is 0 Å². The van der Waals surface area contributed by atoms with Gasteiger partial charge >= 0.3 is 5.97 Å². The van der Waals surface area contributed by atoms with Crippen LogP contribution in [0.3, 0.4) is 0 Å². The minimum Gasteiger partial charge on any atom is -0.480 e. The van der Waals surface area contributed by atoms with Gasteiger partial charge in [0.2, 0.25) is 5.91 Å². The molecule has 1 heterocycles. The molecule has 1 aliphatic carbocycles. The zero-order valence-electron chi connectivity index (χ0n) is 13.1. The second-order valence-corrected chi connectivity index (χ2v) is 7.26. The molecule has 0 aromatic heterocycles. The van der Waals surface area contributed by atoms with Crippen LogP contribution in [0.2, 0.25) is 5.02 Å². The predicted octanol–water partition coefficient (Wildman–Crippen LogP) is 2.11. The summed E-state index contributed by atoms with van der Waals surface area (Å²) in [6.07, 6.45) is 1.65. The summed E-state index contributed by atoms with van der Waals surface area (Å²) in [5.41, 5.74) is 0.816. The van der Waals surface area contributed by atoms with Gasteiger partial charge in [0.15, 0.2) is 0 Å². The number of nitrogens with zero attached hydrogens (tertiary/aromatic N) is 1. The van der Waals surface area contributed by atoms with E-state index in [0.717, 1.165) is 18.4 Å². The molecule has 5 nitrogen and oxygen atoms in total. The molecule has 1 saturated carbocycles. The Morgan fingerprint density at radius 2 is 2.26 bits per heavy atom. The number of benzene rings is 1. The number of carboxylic acid groups (broad SMARTS) is 1. The number of likely N-dealkylation sites (tertiary alicyclic amines) is 1. The van der Waals surface area contributed by atoms with Crippen molar-refractivity contribution in [3.8, 4) is 0 Å². The summed E-state index contributed by atoms with van der Waals surface area (Å²) in [6.45, 7) is 3.15. The first kappa shape index (κ1) is 16.3. The van der Waals surface area contributed by atoms with Gasteiger partial charge < -0.3 is 10.0 Å². The molecule has 0 bridgehead atoms. The van der Waals surface area contributed by atoms with Gasteiger partial charge in [-0.1, -0.05) is 23.7 Å². The third kappa shape index (κ3) is 3.67. The largest absolute Gasteiger partial charge is 0.480 e. The number of carbonyl (C=O) groups is 2. The van der Waals surface area contributed by atoms with Crippen LogP contribution >= 0.6 is 11.6 Å². The molecule has 2 fully saturated rings. The molecule has 6 heteroatoms. The fraction of sp³-hybridized carbons (Fsp3) is 0.529. The highest BCUT2D eigenvalue weighted by molar-refractivity contribution is 6.30. The average Bonchev–Trinajstić information content (AvgIpc) is 3.21. The maximum atomic E-state index is 12.7. The standard InChI is InChI=1S/C17H21ClN2O3/c1-17(19-9-15(21)22)5-6-20(10-17)16(23)14-8-13(14)11-3-2-4-12(18)7-11/h2-4,7,13-14,19H,5-6,8-10H2,1H3,(H,21,22)/t13-,14+,17-/m0/s1. The molecule has 0 spiro atoms. The summed E-state index contributed by atoms with van der Waals surface area (Å²) in [4.78, 5) is 25.2. The first-order valence-corrected chi connectivity index (χ1v) is 8.27. The fourth-order valence-corrected chi connectivity index (χ4v) is 3.59. The van der Waals surface area contributed by atoms with Crippen LogP contribution in [0.5, 0.6) is 0 Å². The average molecular weight is 337 g/mol. The summed E-state index contributed by atoms with van der Waals surface area (Å²) in [6, 6.07) is 7.71. The van der Waals surface area contributed by atoms with Crippen LogP contribution in [-0.2, 0) is 9.59 Å². The smallest absolute Gasteiger partial charge is 0.317 e. The molecule has 1 aliphatic heterocycles. The van der Waals surface area contributed by atoms with Gasteiger partial charge in [-0.25, -0.2) is 0 Å². The molecule has 3 atom stereocenters. The van der Waals surface area contributed by atoms with Crippen LogP contribution in [0.15, 0.2) is 24.3 Å². The van der Waals surface area contributed by atoms with Crippen molar-refractivity contribution < 1.29 is 14.7 Å². The van der Waals surface area contributed by atoms with Gasteiger partial charge in [-0.05, 0) is 43.4 Å². The first-order chi connectivity index (χ1) is 10.9. The number of halogens is 1. The van der Waals surface area contributed by atoms with E-state index in [1.165, 1.54) is 0 Å². The molecule has 124 valence electrons. The molecule has 1 saturated heterocycles. The molecule has 1 amide bonds. The van der Waals surface area contributed by atoms with Gasteiger partial charge in [-0.15, -0.1) is 0 Å². The zero-order valence-corrected chi connectivity index (χ0v) is 13.8. The number of nitrogens with one attached hydrogen (secondary N) is 1. The zero-order chi connectivity index (χ0) is 16.6. The van der Waals surface area contributed by atoms with E-state index in [1.54, 1.807) is 0 Å². The second-order valence-electron chi connectivity index (χ2n) is 6.82. The summed E-state index contributed by atoms with van der Waals surface area (Å²) >= 11 is 6.02. The maximum Gasteiger partial charge on any atom is 0.317 e. The van der Waals surface area contributed by atoms with Gasteiger partial charge in [0, 0.05) is 29.6 Å². The predicted molar refractivity (Wildman–Crippen MR) is 87.5 cm³/mol. The SMILES string of the molecule is C[C@]1(NCC(=O)O)CCN(C(=O)[C@@H]2C[C@H]2c2cccc(Cl)c2)C1. The second kappa shape index (κ2) is 6.13. The Balaban J connectivity index is 1.57. The first-order valence-electron chi connectivity index (χ1n) is 7.89. The molecule has 3 rings (SSSR count). The Morgan fingerprint density at radius 3 is 2.96 bits per heavy atom. The van der Waals surface area contributed by atoms with E-state index in [9.17, 15) is 9.59 Å². The Labute approximate surface area is 140 Å². The fourth-order valence-electron chi connectivity index (χ4n) is 3.39. The number of carbonyl (C=O) groups excluding carboxylic acids is 1. The van der Waals surface area contributed by atoms with Gasteiger partial charge in [0.1, 0.15) is 0 Å². The van der Waals surface area contributed by atoms with E-state index >= 15 is 0 Å². The Kier molecular flexibility index (Phi) is 4.34. The summed E-state index contributed by atoms with van der Waals surface area (Å²) in [5.74, 6) is -0.398. The summed E-state index contributed by atoms with van der Waals surface area (Å²) in [7, 11) is 0. The van der Waals surface area contributed by atoms with E-state index in [2.05, 4.69) is 5.32 Å². The lowest BCUT2D eigenvalue weighted by Crippen LogP contribution is -2.47. The number of amides is 1. The molecule has 2 N–H and O–H groups in total. The molecule has 1 aromatic carbocycles. The lowest BCUT2D eigenvalue weighted by atomic mass is 10.0. The van der Waals surface area contributed by atoms with Crippen molar-refractivity contribution in [2.45, 2.75) is 31.2 Å². The molecular formula is C17H21ClN2O3. The van der Waals surface area contributed by atoms with Crippen LogP contribution in [0.25, 0.3) is 0 Å². The molecule has 2 aliphatic rings. The number of hydrogen-bond donors (Lipinski definition) is 2. The topological polar surface area (TPSA) is 69.6 Å². The van der Waals surface area contributed by atoms with Crippen molar-refractivity contribution in [2.75, 3.05) is 19.6 Å². The third-order valence-corrected chi connectivity index (χ3v) is 5.07. The van der Waals surface area contributed by atoms with Crippen molar-refractivity contribution >= 4 is 23.5 Å². The van der Waals surface area contributed by atoms with Gasteiger partial charge in [-0.2, -0.15) is 0 Å². The van der Waals surface area contributed by atoms with E-state index in [1.807, 2.05) is 36.1 Å². The quantitative estimate of drug-likeness (QED) is 0.864. The van der Waals surface area contributed by atoms with Crippen LogP contribution in [0, 0.1) is 5.92 Å². The molecule has 1 aromatic rings. The van der Waals surface area contributed by atoms with Crippen LogP contribution in [-0.4, -0.2) is 47.1 Å². The van der Waals surface area contributed by atoms with Crippen molar-refractivity contribution in [1.29, 1.82) is 0 Å². The van der Waals surface area contributed by atoms with E-state index in [-0.39, 0.29) is 29.8 Å². The highest BCUT2D eigenvalue weighted by Crippen LogP contribution is 2.49. The monoisotopic (exact) mass is 336 g/mol. The lowest BCUT2D eigenvalue weighted by Gasteiger charge is -2.25. The van der Waals surface area contributed by atoms with E-state index < -0.39 is 5.97 Å². The van der Waals surface area contributed by atoms with Crippen molar-refractivity contribution in [2.24, 2.45) is 5.92 Å². The van der Waals surface area contributed by atoms with E-state index in [4.69, 9.17) is 16.7 Å². The lowest BCUT2D eigenvalue weighted by molar-refractivity contribution is -0.136. The summed E-state index contributed by atoms with van der Waals surface area (Å²) in [5, 5.41) is 12.5. The normalized spacial score (nSPS) is 29.6. The maximum absolute atomic E-state index is 12.7. The Hall–Kier alpha value is -1.59. The summed E-state index contributed by atoms with van der Waals surface area (Å²) < 4.78 is 0. The van der Waals surface area contributed by atoms with Gasteiger partial charge in [0.25, 0.3) is 0 Å². The molecule has 0 unspecified atom stereocenters. The molecule has 0 radical (unpaired) electrons. The van der Waals surface area contributed by atoms with E-state index in [0.29, 0.717) is 18.1 Å². The number of hydrogen-bond acceptors (Lipinski definition) is 3.